The van der Waals surface area contributed by atoms with E-state index in [0.717, 1.165) is 18.4 Å². The van der Waals surface area contributed by atoms with Crippen LogP contribution in [0.25, 0.3) is 0 Å². The molecule has 0 aromatic heterocycles. The van der Waals surface area contributed by atoms with Crippen molar-refractivity contribution < 1.29 is 13.2 Å². The molecule has 1 atom stereocenters. The van der Waals surface area contributed by atoms with Crippen molar-refractivity contribution in [2.75, 3.05) is 12.3 Å². The third kappa shape index (κ3) is 3.94. The van der Waals surface area contributed by atoms with Gasteiger partial charge in [0.25, 0.3) is 15.9 Å². The molecule has 1 N–H and O–H groups in total. The molecule has 1 saturated carbocycles. The number of sulfonamides is 1. The summed E-state index contributed by atoms with van der Waals surface area (Å²) in [7, 11) is -3.40. The van der Waals surface area contributed by atoms with Crippen molar-refractivity contribution in [2.45, 2.75) is 25.3 Å². The summed E-state index contributed by atoms with van der Waals surface area (Å²) in [5, 5.41) is 3.82. The minimum Gasteiger partial charge on any atom is -0.345 e. The molecule has 0 radical (unpaired) electrons. The van der Waals surface area contributed by atoms with Crippen molar-refractivity contribution in [1.82, 2.24) is 10.2 Å². The topological polar surface area (TPSA) is 78.8 Å². The van der Waals surface area contributed by atoms with Crippen LogP contribution in [-0.4, -0.2) is 37.4 Å². The van der Waals surface area contributed by atoms with Gasteiger partial charge in [-0.25, -0.2) is 8.42 Å². The summed E-state index contributed by atoms with van der Waals surface area (Å²) in [6, 6.07) is 7.53. The summed E-state index contributed by atoms with van der Waals surface area (Å²) in [5.74, 6) is 0.544. The second kappa shape index (κ2) is 7.13. The van der Waals surface area contributed by atoms with Crippen molar-refractivity contribution in [1.29, 1.82) is 0 Å². The summed E-state index contributed by atoms with van der Waals surface area (Å²) >= 11 is 5.99. The van der Waals surface area contributed by atoms with Crippen LogP contribution in [0.4, 0.5) is 0 Å². The van der Waals surface area contributed by atoms with E-state index < -0.39 is 10.0 Å². The lowest BCUT2D eigenvalue weighted by Gasteiger charge is -2.35. The van der Waals surface area contributed by atoms with Gasteiger partial charge in [0, 0.05) is 17.8 Å². The number of fused-ring (bicyclic) bond motifs is 1. The van der Waals surface area contributed by atoms with Crippen molar-refractivity contribution in [3.63, 3.8) is 0 Å². The second-order valence-corrected chi connectivity index (χ2v) is 9.23. The molecule has 6 nitrogen and oxygen atoms in total. The Balaban J connectivity index is 1.53. The van der Waals surface area contributed by atoms with E-state index in [4.69, 9.17) is 11.6 Å². The number of nitrogens with one attached hydrogen (secondary N) is 1. The van der Waals surface area contributed by atoms with Gasteiger partial charge in [-0.15, -0.1) is 4.40 Å². The number of rotatable bonds is 4. The Hall–Kier alpha value is -2.12. The molecule has 4 rings (SSSR count). The highest BCUT2D eigenvalue weighted by Gasteiger charge is 2.31. The van der Waals surface area contributed by atoms with Gasteiger partial charge in [0.1, 0.15) is 5.84 Å². The van der Waals surface area contributed by atoms with Crippen LogP contribution in [0, 0.1) is 5.92 Å². The van der Waals surface area contributed by atoms with Crippen molar-refractivity contribution in [3.8, 4) is 0 Å². The highest BCUT2D eigenvalue weighted by molar-refractivity contribution is 7.90. The van der Waals surface area contributed by atoms with E-state index in [9.17, 15) is 13.2 Å². The standard InChI is InChI=1S/C19H20ClN3O3S/c20-16-7-4-14(5-8-16)18(13-2-1-3-13)21-19(24)15-6-9-17-22-27(25,26)11-10-23(17)12-15/h4-9,12-13,18H,1-3,10-11H2,(H,21,24). The lowest BCUT2D eigenvalue weighted by molar-refractivity contribution is -0.118. The van der Waals surface area contributed by atoms with Crippen LogP contribution in [0.1, 0.15) is 30.9 Å². The summed E-state index contributed by atoms with van der Waals surface area (Å²) in [5.41, 5.74) is 1.54. The zero-order valence-corrected chi connectivity index (χ0v) is 16.2. The molecule has 0 saturated heterocycles. The van der Waals surface area contributed by atoms with E-state index in [-0.39, 0.29) is 17.7 Å². The molecule has 1 aliphatic carbocycles. The predicted molar refractivity (Wildman–Crippen MR) is 105 cm³/mol. The SMILES string of the molecule is O=C(NC(c1ccc(Cl)cc1)C1CCC1)C1=CN2CCS(=O)(=O)N=C2C=C1. The van der Waals surface area contributed by atoms with Gasteiger partial charge in [-0.05, 0) is 48.6 Å². The molecule has 2 aliphatic heterocycles. The van der Waals surface area contributed by atoms with Gasteiger partial charge in [0.2, 0.25) is 0 Å². The van der Waals surface area contributed by atoms with E-state index in [1.54, 1.807) is 23.3 Å². The third-order valence-electron chi connectivity index (χ3n) is 5.22. The quantitative estimate of drug-likeness (QED) is 0.835. The molecule has 0 bridgehead atoms. The smallest absolute Gasteiger partial charge is 0.256 e. The number of carbonyl (C=O) groups is 1. The first-order valence-electron chi connectivity index (χ1n) is 8.97. The van der Waals surface area contributed by atoms with E-state index in [0.29, 0.717) is 28.9 Å². The second-order valence-electron chi connectivity index (χ2n) is 7.04. The summed E-state index contributed by atoms with van der Waals surface area (Å²) in [4.78, 5) is 14.6. The average molecular weight is 406 g/mol. The highest BCUT2D eigenvalue weighted by Crippen LogP contribution is 2.38. The van der Waals surface area contributed by atoms with Crippen LogP contribution in [-0.2, 0) is 14.8 Å². The fraction of sp³-hybridized carbons (Fsp3) is 0.368. The predicted octanol–water partition coefficient (Wildman–Crippen LogP) is 2.80. The lowest BCUT2D eigenvalue weighted by Crippen LogP contribution is -2.40. The number of amides is 1. The van der Waals surface area contributed by atoms with Gasteiger partial charge in [0.05, 0.1) is 17.4 Å². The largest absolute Gasteiger partial charge is 0.345 e. The molecule has 1 amide bonds. The summed E-state index contributed by atoms with van der Waals surface area (Å²) in [6.07, 6.45) is 8.21. The normalized spacial score (nSPS) is 22.2. The molecule has 2 heterocycles. The van der Waals surface area contributed by atoms with Gasteiger partial charge in [0.15, 0.2) is 0 Å². The molecular weight excluding hydrogens is 386 g/mol. The number of nitrogens with zero attached hydrogens (tertiary/aromatic N) is 2. The number of benzene rings is 1. The van der Waals surface area contributed by atoms with Gasteiger partial charge >= 0.3 is 0 Å². The van der Waals surface area contributed by atoms with E-state index in [1.165, 1.54) is 6.42 Å². The maximum absolute atomic E-state index is 12.9. The van der Waals surface area contributed by atoms with Crippen LogP contribution in [0.5, 0.6) is 0 Å². The van der Waals surface area contributed by atoms with Gasteiger partial charge in [-0.3, -0.25) is 4.79 Å². The van der Waals surface area contributed by atoms with Gasteiger partial charge in [-0.2, -0.15) is 0 Å². The number of hydrogen-bond donors (Lipinski definition) is 1. The van der Waals surface area contributed by atoms with Gasteiger partial charge < -0.3 is 10.2 Å². The fourth-order valence-corrected chi connectivity index (χ4v) is 4.57. The van der Waals surface area contributed by atoms with Crippen LogP contribution >= 0.6 is 11.6 Å². The zero-order chi connectivity index (χ0) is 19.0. The Bertz CT molecular complexity index is 947. The first-order chi connectivity index (χ1) is 12.9. The maximum Gasteiger partial charge on any atom is 0.256 e. The zero-order valence-electron chi connectivity index (χ0n) is 14.6. The Kier molecular flexibility index (Phi) is 4.82. The van der Waals surface area contributed by atoms with E-state index in [1.807, 2.05) is 24.3 Å². The van der Waals surface area contributed by atoms with Crippen LogP contribution in [0.2, 0.25) is 5.02 Å². The van der Waals surface area contributed by atoms with Crippen LogP contribution in [0.15, 0.2) is 52.6 Å². The molecule has 8 heteroatoms. The van der Waals surface area contributed by atoms with Crippen molar-refractivity contribution >= 4 is 33.4 Å². The summed E-state index contributed by atoms with van der Waals surface area (Å²) < 4.78 is 26.9. The number of carbonyl (C=O) groups excluding carboxylic acids is 1. The van der Waals surface area contributed by atoms with Crippen molar-refractivity contribution in [2.24, 2.45) is 10.3 Å². The van der Waals surface area contributed by atoms with E-state index >= 15 is 0 Å². The Morgan fingerprint density at radius 1 is 1.22 bits per heavy atom. The fourth-order valence-electron chi connectivity index (χ4n) is 3.48. The Morgan fingerprint density at radius 2 is 1.96 bits per heavy atom. The Morgan fingerprint density at radius 3 is 2.63 bits per heavy atom. The molecule has 1 aromatic carbocycles. The highest BCUT2D eigenvalue weighted by atomic mass is 35.5. The molecule has 27 heavy (non-hydrogen) atoms. The molecule has 1 aromatic rings. The minimum atomic E-state index is -3.40. The minimum absolute atomic E-state index is 0.0504. The summed E-state index contributed by atoms with van der Waals surface area (Å²) in [6.45, 7) is 0.297. The molecule has 3 aliphatic rings. The first kappa shape index (κ1) is 18.3. The van der Waals surface area contributed by atoms with Crippen LogP contribution < -0.4 is 5.32 Å². The first-order valence-corrected chi connectivity index (χ1v) is 11.0. The number of hydrogen-bond acceptors (Lipinski definition) is 4. The molecular formula is C19H20ClN3O3S. The number of halogens is 1. The van der Waals surface area contributed by atoms with Crippen molar-refractivity contribution in [3.05, 3.63) is 58.8 Å². The van der Waals surface area contributed by atoms with Crippen LogP contribution in [0.3, 0.4) is 0 Å². The Labute approximate surface area is 163 Å². The third-order valence-corrected chi connectivity index (χ3v) is 6.64. The van der Waals surface area contributed by atoms with E-state index in [2.05, 4.69) is 9.71 Å². The lowest BCUT2D eigenvalue weighted by atomic mass is 9.77. The number of amidine groups is 1. The monoisotopic (exact) mass is 405 g/mol. The average Bonchev–Trinajstić information content (AvgIpc) is 2.59. The molecule has 1 fully saturated rings. The maximum atomic E-state index is 12.9. The molecule has 0 spiro atoms. The van der Waals surface area contributed by atoms with Gasteiger partial charge in [-0.1, -0.05) is 30.2 Å². The molecule has 142 valence electrons. The molecule has 1 unspecified atom stereocenters.